The molecule has 0 radical (unpaired) electrons. The van der Waals surface area contributed by atoms with Crippen molar-refractivity contribution in [2.75, 3.05) is 14.1 Å². The molecule has 1 aliphatic rings. The van der Waals surface area contributed by atoms with E-state index < -0.39 is 0 Å². The molecule has 1 saturated carbocycles. The molecule has 1 fully saturated rings. The van der Waals surface area contributed by atoms with Gasteiger partial charge in [0.05, 0.1) is 0 Å². The van der Waals surface area contributed by atoms with Gasteiger partial charge in [-0.1, -0.05) is 40.0 Å². The van der Waals surface area contributed by atoms with Gasteiger partial charge in [-0.15, -0.1) is 0 Å². The van der Waals surface area contributed by atoms with Crippen LogP contribution in [0.3, 0.4) is 0 Å². The predicted octanol–water partition coefficient (Wildman–Crippen LogP) is 3.66. The molecule has 1 N–H and O–H groups in total. The molecule has 0 spiro atoms. The van der Waals surface area contributed by atoms with Crippen LogP contribution in [-0.4, -0.2) is 37.1 Å². The first-order valence-corrected chi connectivity index (χ1v) is 8.03. The molecule has 0 bridgehead atoms. The number of rotatable bonds is 7. The summed E-state index contributed by atoms with van der Waals surface area (Å²) in [6.07, 6.45) is 9.48. The monoisotopic (exact) mass is 254 g/mol. The average Bonchev–Trinajstić information content (AvgIpc) is 2.38. The van der Waals surface area contributed by atoms with Crippen molar-refractivity contribution < 1.29 is 0 Å². The van der Waals surface area contributed by atoms with Crippen LogP contribution in [0.4, 0.5) is 0 Å². The highest BCUT2D eigenvalue weighted by molar-refractivity contribution is 4.87. The van der Waals surface area contributed by atoms with Gasteiger partial charge < -0.3 is 5.32 Å². The van der Waals surface area contributed by atoms with Gasteiger partial charge in [-0.05, 0) is 45.7 Å². The van der Waals surface area contributed by atoms with E-state index in [1.54, 1.807) is 0 Å². The summed E-state index contributed by atoms with van der Waals surface area (Å²) < 4.78 is 0. The van der Waals surface area contributed by atoms with Crippen molar-refractivity contribution in [3.8, 4) is 0 Å². The fourth-order valence-corrected chi connectivity index (χ4v) is 3.74. The Morgan fingerprint density at radius 3 is 2.50 bits per heavy atom. The highest BCUT2D eigenvalue weighted by Gasteiger charge is 2.29. The summed E-state index contributed by atoms with van der Waals surface area (Å²) in [6, 6.07) is 2.17. The van der Waals surface area contributed by atoms with E-state index in [-0.39, 0.29) is 0 Å². The minimum atomic E-state index is 0.655. The Kier molecular flexibility index (Phi) is 7.25. The molecule has 0 aromatic carbocycles. The normalized spacial score (nSPS) is 28.3. The molecule has 4 unspecified atom stereocenters. The molecular weight excluding hydrogens is 220 g/mol. The van der Waals surface area contributed by atoms with Crippen molar-refractivity contribution in [1.82, 2.24) is 10.2 Å². The van der Waals surface area contributed by atoms with Crippen LogP contribution in [0.2, 0.25) is 0 Å². The van der Waals surface area contributed by atoms with Crippen LogP contribution in [0.15, 0.2) is 0 Å². The summed E-state index contributed by atoms with van der Waals surface area (Å²) in [5.41, 5.74) is 0. The maximum Gasteiger partial charge on any atom is 0.0246 e. The van der Waals surface area contributed by atoms with Gasteiger partial charge in [0.1, 0.15) is 0 Å². The molecule has 0 heterocycles. The lowest BCUT2D eigenvalue weighted by atomic mass is 9.85. The summed E-state index contributed by atoms with van der Waals surface area (Å²) in [5, 5.41) is 3.54. The molecule has 18 heavy (non-hydrogen) atoms. The first kappa shape index (κ1) is 16.0. The van der Waals surface area contributed by atoms with Crippen LogP contribution in [0.1, 0.15) is 65.7 Å². The second-order valence-electron chi connectivity index (χ2n) is 6.25. The molecule has 2 nitrogen and oxygen atoms in total. The SMILES string of the molecule is CCCC(NC)C(CC)N(C)C1CCCC(C)C1. The Labute approximate surface area is 115 Å². The molecule has 1 aliphatic carbocycles. The van der Waals surface area contributed by atoms with Gasteiger partial charge in [0.15, 0.2) is 0 Å². The van der Waals surface area contributed by atoms with E-state index >= 15 is 0 Å². The van der Waals surface area contributed by atoms with E-state index in [0.29, 0.717) is 12.1 Å². The summed E-state index contributed by atoms with van der Waals surface area (Å²) in [6.45, 7) is 7.05. The topological polar surface area (TPSA) is 15.3 Å². The maximum absolute atomic E-state index is 3.54. The number of nitrogens with zero attached hydrogens (tertiary/aromatic N) is 1. The van der Waals surface area contributed by atoms with E-state index in [2.05, 4.69) is 45.1 Å². The molecular formula is C16H34N2. The minimum Gasteiger partial charge on any atom is -0.315 e. The number of nitrogens with one attached hydrogen (secondary N) is 1. The molecule has 0 saturated heterocycles. The van der Waals surface area contributed by atoms with Gasteiger partial charge >= 0.3 is 0 Å². The predicted molar refractivity (Wildman–Crippen MR) is 81.0 cm³/mol. The quantitative estimate of drug-likeness (QED) is 0.746. The van der Waals surface area contributed by atoms with E-state index in [0.717, 1.165) is 12.0 Å². The number of hydrogen-bond acceptors (Lipinski definition) is 2. The van der Waals surface area contributed by atoms with Crippen LogP contribution < -0.4 is 5.32 Å². The highest BCUT2D eigenvalue weighted by Crippen LogP contribution is 2.29. The molecule has 0 aliphatic heterocycles. The van der Waals surface area contributed by atoms with E-state index in [1.165, 1.54) is 44.9 Å². The Morgan fingerprint density at radius 1 is 1.28 bits per heavy atom. The zero-order chi connectivity index (χ0) is 13.5. The second kappa shape index (κ2) is 8.16. The molecule has 4 atom stereocenters. The van der Waals surface area contributed by atoms with Crippen LogP contribution in [-0.2, 0) is 0 Å². The summed E-state index contributed by atoms with van der Waals surface area (Å²) in [5.74, 6) is 0.919. The Bertz CT molecular complexity index is 217. The van der Waals surface area contributed by atoms with Gasteiger partial charge in [-0.2, -0.15) is 0 Å². The van der Waals surface area contributed by atoms with Crippen molar-refractivity contribution >= 4 is 0 Å². The molecule has 0 amide bonds. The van der Waals surface area contributed by atoms with Gasteiger partial charge in [-0.25, -0.2) is 0 Å². The van der Waals surface area contributed by atoms with Crippen LogP contribution in [0, 0.1) is 5.92 Å². The van der Waals surface area contributed by atoms with Crippen LogP contribution in [0.5, 0.6) is 0 Å². The van der Waals surface area contributed by atoms with Gasteiger partial charge in [0.2, 0.25) is 0 Å². The first-order chi connectivity index (χ1) is 8.63. The lowest BCUT2D eigenvalue weighted by molar-refractivity contribution is 0.0917. The van der Waals surface area contributed by atoms with Crippen molar-refractivity contribution in [2.24, 2.45) is 5.92 Å². The van der Waals surface area contributed by atoms with E-state index in [4.69, 9.17) is 0 Å². The maximum atomic E-state index is 3.54. The van der Waals surface area contributed by atoms with E-state index in [1.807, 2.05) is 0 Å². The standard InChI is InChI=1S/C16H34N2/c1-6-9-15(17-4)16(7-2)18(5)14-11-8-10-13(3)12-14/h13-17H,6-12H2,1-5H3. The second-order valence-corrected chi connectivity index (χ2v) is 6.25. The number of hydrogen-bond donors (Lipinski definition) is 1. The smallest absolute Gasteiger partial charge is 0.0246 e. The lowest BCUT2D eigenvalue weighted by Crippen LogP contribution is -2.51. The van der Waals surface area contributed by atoms with Crippen LogP contribution in [0.25, 0.3) is 0 Å². The van der Waals surface area contributed by atoms with Crippen LogP contribution >= 0.6 is 0 Å². The first-order valence-electron chi connectivity index (χ1n) is 8.03. The molecule has 2 heteroatoms. The fraction of sp³-hybridized carbons (Fsp3) is 1.00. The Morgan fingerprint density at radius 2 is 2.00 bits per heavy atom. The molecule has 0 aromatic rings. The third-order valence-electron chi connectivity index (χ3n) is 4.86. The molecule has 0 aromatic heterocycles. The molecule has 1 rings (SSSR count). The van der Waals surface area contributed by atoms with Crippen molar-refractivity contribution in [1.29, 1.82) is 0 Å². The fourth-order valence-electron chi connectivity index (χ4n) is 3.74. The summed E-state index contributed by atoms with van der Waals surface area (Å²) in [4.78, 5) is 2.69. The lowest BCUT2D eigenvalue weighted by Gasteiger charge is -2.42. The third-order valence-corrected chi connectivity index (χ3v) is 4.86. The van der Waals surface area contributed by atoms with E-state index in [9.17, 15) is 0 Å². The molecule has 108 valence electrons. The zero-order valence-corrected chi connectivity index (χ0v) is 13.2. The Hall–Kier alpha value is -0.0800. The Balaban J connectivity index is 2.61. The van der Waals surface area contributed by atoms with Gasteiger partial charge in [0, 0.05) is 18.1 Å². The zero-order valence-electron chi connectivity index (χ0n) is 13.2. The summed E-state index contributed by atoms with van der Waals surface area (Å²) in [7, 11) is 4.48. The van der Waals surface area contributed by atoms with Gasteiger partial charge in [-0.3, -0.25) is 4.90 Å². The highest BCUT2D eigenvalue weighted by atomic mass is 15.2. The largest absolute Gasteiger partial charge is 0.315 e. The number of likely N-dealkylation sites (N-methyl/N-ethyl adjacent to an activating group) is 2. The minimum absolute atomic E-state index is 0.655. The average molecular weight is 254 g/mol. The van der Waals surface area contributed by atoms with Crippen molar-refractivity contribution in [3.63, 3.8) is 0 Å². The van der Waals surface area contributed by atoms with Crippen molar-refractivity contribution in [2.45, 2.75) is 83.8 Å². The summed E-state index contributed by atoms with van der Waals surface area (Å²) >= 11 is 0. The van der Waals surface area contributed by atoms with Crippen molar-refractivity contribution in [3.05, 3.63) is 0 Å². The van der Waals surface area contributed by atoms with Gasteiger partial charge in [0.25, 0.3) is 0 Å². The third kappa shape index (κ3) is 4.24.